The molecule has 5 N–H and O–H groups in total. The fourth-order valence-corrected chi connectivity index (χ4v) is 1.65. The van der Waals surface area contributed by atoms with Crippen LogP contribution in [-0.2, 0) is 0 Å². The normalized spacial score (nSPS) is 12.5. The maximum atomic E-state index is 8.95. The Labute approximate surface area is 114 Å². The van der Waals surface area contributed by atoms with Gasteiger partial charge in [0, 0.05) is 25.1 Å². The topological polar surface area (TPSA) is 96.1 Å². The standard InChI is InChI=1S/C13H25N5O/c1-9(2)13-16-11(7-12(17-13)18-14)15-6-4-5-10(3)8-19/h7,9-10,19H,4-6,8,14H2,1-3H3,(H2,15,16,17,18). The highest BCUT2D eigenvalue weighted by molar-refractivity contribution is 5.47. The molecule has 0 aliphatic heterocycles. The number of hydrazine groups is 1. The Balaban J connectivity index is 2.55. The van der Waals surface area contributed by atoms with Crippen LogP contribution in [-0.4, -0.2) is 28.2 Å². The van der Waals surface area contributed by atoms with E-state index < -0.39 is 0 Å². The molecule has 0 radical (unpaired) electrons. The molecule has 0 saturated carbocycles. The van der Waals surface area contributed by atoms with Crippen LogP contribution in [0.4, 0.5) is 11.6 Å². The molecule has 1 unspecified atom stereocenters. The van der Waals surface area contributed by atoms with E-state index in [4.69, 9.17) is 10.9 Å². The van der Waals surface area contributed by atoms with E-state index in [-0.39, 0.29) is 12.5 Å². The van der Waals surface area contributed by atoms with Gasteiger partial charge in [0.1, 0.15) is 17.5 Å². The fraction of sp³-hybridized carbons (Fsp3) is 0.692. The van der Waals surface area contributed by atoms with Gasteiger partial charge >= 0.3 is 0 Å². The summed E-state index contributed by atoms with van der Waals surface area (Å²) in [4.78, 5) is 8.75. The van der Waals surface area contributed by atoms with E-state index in [0.717, 1.165) is 31.0 Å². The number of nitrogens with one attached hydrogen (secondary N) is 2. The molecule has 1 atom stereocenters. The number of aliphatic hydroxyl groups is 1. The summed E-state index contributed by atoms with van der Waals surface area (Å²) >= 11 is 0. The van der Waals surface area contributed by atoms with E-state index in [9.17, 15) is 0 Å². The smallest absolute Gasteiger partial charge is 0.145 e. The molecule has 1 heterocycles. The zero-order chi connectivity index (χ0) is 14.3. The van der Waals surface area contributed by atoms with E-state index in [1.807, 2.05) is 20.8 Å². The first-order valence-corrected chi connectivity index (χ1v) is 6.77. The van der Waals surface area contributed by atoms with Gasteiger partial charge in [-0.3, -0.25) is 0 Å². The van der Waals surface area contributed by atoms with E-state index in [2.05, 4.69) is 20.7 Å². The molecule has 0 aromatic carbocycles. The van der Waals surface area contributed by atoms with Gasteiger partial charge in [0.05, 0.1) is 0 Å². The maximum Gasteiger partial charge on any atom is 0.145 e. The molecule has 0 aliphatic rings. The number of hydrogen-bond acceptors (Lipinski definition) is 6. The van der Waals surface area contributed by atoms with Gasteiger partial charge in [0.2, 0.25) is 0 Å². The molecule has 0 spiro atoms. The van der Waals surface area contributed by atoms with Crippen LogP contribution in [0.5, 0.6) is 0 Å². The fourth-order valence-electron chi connectivity index (χ4n) is 1.65. The Kier molecular flexibility index (Phi) is 6.52. The van der Waals surface area contributed by atoms with Gasteiger partial charge in [-0.15, -0.1) is 0 Å². The molecule has 6 heteroatoms. The summed E-state index contributed by atoms with van der Waals surface area (Å²) in [5, 5.41) is 12.2. The molecule has 1 rings (SSSR count). The van der Waals surface area contributed by atoms with Crippen LogP contribution in [0.1, 0.15) is 45.4 Å². The van der Waals surface area contributed by atoms with E-state index >= 15 is 0 Å². The third kappa shape index (κ3) is 5.40. The number of aromatic nitrogens is 2. The molecule has 1 aromatic rings. The van der Waals surface area contributed by atoms with Crippen molar-refractivity contribution in [2.24, 2.45) is 11.8 Å². The number of aliphatic hydroxyl groups excluding tert-OH is 1. The second-order valence-electron chi connectivity index (χ2n) is 5.15. The minimum atomic E-state index is 0.242. The van der Waals surface area contributed by atoms with E-state index in [1.165, 1.54) is 0 Å². The molecular formula is C13H25N5O. The minimum absolute atomic E-state index is 0.242. The van der Waals surface area contributed by atoms with E-state index in [0.29, 0.717) is 11.7 Å². The van der Waals surface area contributed by atoms with Crippen molar-refractivity contribution >= 4 is 11.6 Å². The Bertz CT molecular complexity index is 383. The third-order valence-electron chi connectivity index (χ3n) is 2.90. The molecular weight excluding hydrogens is 242 g/mol. The lowest BCUT2D eigenvalue weighted by molar-refractivity contribution is 0.229. The highest BCUT2D eigenvalue weighted by atomic mass is 16.3. The van der Waals surface area contributed by atoms with Crippen molar-refractivity contribution in [2.45, 2.75) is 39.5 Å². The lowest BCUT2D eigenvalue weighted by Crippen LogP contribution is -2.13. The van der Waals surface area contributed by atoms with Crippen molar-refractivity contribution in [3.8, 4) is 0 Å². The van der Waals surface area contributed by atoms with Crippen LogP contribution < -0.4 is 16.6 Å². The molecule has 0 fully saturated rings. The zero-order valence-corrected chi connectivity index (χ0v) is 12.0. The summed E-state index contributed by atoms with van der Waals surface area (Å²) in [6.07, 6.45) is 1.99. The summed E-state index contributed by atoms with van der Waals surface area (Å²) in [5.74, 6) is 8.17. The Hall–Kier alpha value is -1.40. The molecule has 19 heavy (non-hydrogen) atoms. The Morgan fingerprint density at radius 1 is 1.26 bits per heavy atom. The van der Waals surface area contributed by atoms with Gasteiger partial charge in [-0.05, 0) is 18.8 Å². The average Bonchev–Trinajstić information content (AvgIpc) is 2.42. The number of nitrogens with zero attached hydrogens (tertiary/aromatic N) is 2. The van der Waals surface area contributed by atoms with E-state index in [1.54, 1.807) is 6.07 Å². The van der Waals surface area contributed by atoms with Crippen LogP contribution in [0.15, 0.2) is 6.07 Å². The second-order valence-corrected chi connectivity index (χ2v) is 5.15. The van der Waals surface area contributed by atoms with Crippen molar-refractivity contribution < 1.29 is 5.11 Å². The quantitative estimate of drug-likeness (QED) is 0.325. The third-order valence-corrected chi connectivity index (χ3v) is 2.90. The maximum absolute atomic E-state index is 8.95. The second kappa shape index (κ2) is 7.91. The van der Waals surface area contributed by atoms with Crippen LogP contribution in [0.2, 0.25) is 0 Å². The summed E-state index contributed by atoms with van der Waals surface area (Å²) in [5.41, 5.74) is 2.56. The lowest BCUT2D eigenvalue weighted by Gasteiger charge is -2.12. The molecule has 0 aliphatic carbocycles. The summed E-state index contributed by atoms with van der Waals surface area (Å²) < 4.78 is 0. The first kappa shape index (κ1) is 15.7. The van der Waals surface area contributed by atoms with Crippen molar-refractivity contribution in [1.82, 2.24) is 9.97 Å². The lowest BCUT2D eigenvalue weighted by atomic mass is 10.1. The van der Waals surface area contributed by atoms with Gasteiger partial charge < -0.3 is 15.8 Å². The molecule has 6 nitrogen and oxygen atoms in total. The first-order valence-electron chi connectivity index (χ1n) is 6.77. The predicted octanol–water partition coefficient (Wildman–Crippen LogP) is 1.71. The minimum Gasteiger partial charge on any atom is -0.396 e. The summed E-state index contributed by atoms with van der Waals surface area (Å²) in [6, 6.07) is 1.79. The van der Waals surface area contributed by atoms with Crippen LogP contribution in [0.3, 0.4) is 0 Å². The molecule has 0 amide bonds. The molecule has 0 bridgehead atoms. The summed E-state index contributed by atoms with van der Waals surface area (Å²) in [7, 11) is 0. The summed E-state index contributed by atoms with van der Waals surface area (Å²) in [6.45, 7) is 7.19. The molecule has 108 valence electrons. The number of anilines is 2. The molecule has 0 saturated heterocycles. The average molecular weight is 267 g/mol. The Morgan fingerprint density at radius 2 is 1.95 bits per heavy atom. The van der Waals surface area contributed by atoms with Crippen LogP contribution in [0.25, 0.3) is 0 Å². The monoisotopic (exact) mass is 267 g/mol. The van der Waals surface area contributed by atoms with Gasteiger partial charge in [-0.25, -0.2) is 15.8 Å². The largest absolute Gasteiger partial charge is 0.396 e. The predicted molar refractivity (Wildman–Crippen MR) is 77.9 cm³/mol. The number of nitrogen functional groups attached to an aromatic ring is 1. The first-order chi connectivity index (χ1) is 9.06. The van der Waals surface area contributed by atoms with Gasteiger partial charge in [-0.1, -0.05) is 20.8 Å². The number of hydrogen-bond donors (Lipinski definition) is 4. The molecule has 1 aromatic heterocycles. The highest BCUT2D eigenvalue weighted by Crippen LogP contribution is 2.16. The van der Waals surface area contributed by atoms with Crippen molar-refractivity contribution in [3.63, 3.8) is 0 Å². The van der Waals surface area contributed by atoms with Gasteiger partial charge in [0.15, 0.2) is 0 Å². The van der Waals surface area contributed by atoms with Gasteiger partial charge in [-0.2, -0.15) is 0 Å². The highest BCUT2D eigenvalue weighted by Gasteiger charge is 2.07. The zero-order valence-electron chi connectivity index (χ0n) is 12.0. The van der Waals surface area contributed by atoms with Crippen molar-refractivity contribution in [1.29, 1.82) is 0 Å². The number of nitrogens with two attached hydrogens (primary N) is 1. The van der Waals surface area contributed by atoms with Crippen LogP contribution in [0, 0.1) is 5.92 Å². The number of rotatable bonds is 8. The Morgan fingerprint density at radius 3 is 2.53 bits per heavy atom. The van der Waals surface area contributed by atoms with Gasteiger partial charge in [0.25, 0.3) is 0 Å². The van der Waals surface area contributed by atoms with Crippen molar-refractivity contribution in [3.05, 3.63) is 11.9 Å². The van der Waals surface area contributed by atoms with Crippen molar-refractivity contribution in [2.75, 3.05) is 23.9 Å². The van der Waals surface area contributed by atoms with Crippen LogP contribution >= 0.6 is 0 Å². The SMILES string of the molecule is CC(CO)CCCNc1cc(NN)nc(C(C)C)n1.